The van der Waals surface area contributed by atoms with Crippen LogP contribution in [0.15, 0.2) is 5.16 Å². The number of rotatable bonds is 2. The van der Waals surface area contributed by atoms with Crippen molar-refractivity contribution in [2.45, 2.75) is 32.6 Å². The molecule has 0 amide bonds. The maximum Gasteiger partial charge on any atom is 0.331 e. The Balaban J connectivity index is 2.17. The van der Waals surface area contributed by atoms with E-state index in [1.807, 2.05) is 0 Å². The monoisotopic (exact) mass is 155 g/mol. The van der Waals surface area contributed by atoms with Gasteiger partial charge >= 0.3 is 5.97 Å². The number of oxime groups is 1. The molecule has 0 aliphatic heterocycles. The summed E-state index contributed by atoms with van der Waals surface area (Å²) in [6.07, 6.45) is 6.66. The number of hydrogen-bond acceptors (Lipinski definition) is 3. The number of carbonyl (C=O) groups is 1. The third-order valence-corrected chi connectivity index (χ3v) is 1.85. The van der Waals surface area contributed by atoms with Crippen LogP contribution in [0.3, 0.4) is 0 Å². The van der Waals surface area contributed by atoms with E-state index < -0.39 is 0 Å². The molecule has 1 saturated carbocycles. The zero-order valence-electron chi connectivity index (χ0n) is 6.75. The molecule has 0 heterocycles. The Hall–Kier alpha value is -0.860. The molecule has 0 atom stereocenters. The molecule has 0 saturated heterocycles. The Morgan fingerprint density at radius 3 is 2.73 bits per heavy atom. The van der Waals surface area contributed by atoms with Crippen molar-refractivity contribution >= 4 is 12.2 Å². The summed E-state index contributed by atoms with van der Waals surface area (Å²) in [4.78, 5) is 14.7. The molecule has 0 bridgehead atoms. The van der Waals surface area contributed by atoms with E-state index in [1.54, 1.807) is 6.21 Å². The van der Waals surface area contributed by atoms with Crippen LogP contribution in [-0.2, 0) is 9.63 Å². The van der Waals surface area contributed by atoms with Gasteiger partial charge in [-0.2, -0.15) is 0 Å². The highest BCUT2D eigenvalue weighted by Gasteiger charge is 2.12. The Kier molecular flexibility index (Phi) is 3.08. The van der Waals surface area contributed by atoms with Crippen molar-refractivity contribution in [2.75, 3.05) is 0 Å². The van der Waals surface area contributed by atoms with Gasteiger partial charge in [-0.05, 0) is 18.8 Å². The van der Waals surface area contributed by atoms with Crippen LogP contribution in [0, 0.1) is 5.92 Å². The maximum atomic E-state index is 10.3. The molecule has 3 nitrogen and oxygen atoms in total. The van der Waals surface area contributed by atoms with Crippen molar-refractivity contribution in [3.8, 4) is 0 Å². The lowest BCUT2D eigenvalue weighted by Gasteiger charge is -1.97. The van der Waals surface area contributed by atoms with Crippen molar-refractivity contribution < 1.29 is 9.63 Å². The number of nitrogens with zero attached hydrogens (tertiary/aromatic N) is 1. The van der Waals surface area contributed by atoms with Crippen molar-refractivity contribution in [3.63, 3.8) is 0 Å². The molecule has 1 fully saturated rings. The first-order valence-corrected chi connectivity index (χ1v) is 4.00. The third-order valence-electron chi connectivity index (χ3n) is 1.85. The molecule has 11 heavy (non-hydrogen) atoms. The van der Waals surface area contributed by atoms with Crippen molar-refractivity contribution in [1.82, 2.24) is 0 Å². The minimum atomic E-state index is -0.348. The summed E-state index contributed by atoms with van der Waals surface area (Å²) >= 11 is 0. The summed E-state index contributed by atoms with van der Waals surface area (Å²) in [6.45, 7) is 1.35. The molecule has 3 heteroatoms. The highest BCUT2D eigenvalue weighted by molar-refractivity contribution is 5.67. The van der Waals surface area contributed by atoms with Gasteiger partial charge in [-0.15, -0.1) is 0 Å². The minimum absolute atomic E-state index is 0.348. The Labute approximate surface area is 66.4 Å². The highest BCUT2D eigenvalue weighted by atomic mass is 16.7. The van der Waals surface area contributed by atoms with E-state index in [0.29, 0.717) is 5.92 Å². The Morgan fingerprint density at radius 2 is 2.18 bits per heavy atom. The van der Waals surface area contributed by atoms with Crippen LogP contribution in [0.2, 0.25) is 0 Å². The second-order valence-electron chi connectivity index (χ2n) is 2.88. The van der Waals surface area contributed by atoms with Gasteiger partial charge < -0.3 is 4.84 Å². The van der Waals surface area contributed by atoms with Gasteiger partial charge in [0.2, 0.25) is 0 Å². The van der Waals surface area contributed by atoms with E-state index in [0.717, 1.165) is 0 Å². The minimum Gasteiger partial charge on any atom is -0.319 e. The van der Waals surface area contributed by atoms with Gasteiger partial charge in [0, 0.05) is 13.1 Å². The molecule has 62 valence electrons. The zero-order valence-corrected chi connectivity index (χ0v) is 6.75. The molecular formula is C8H13NO2. The van der Waals surface area contributed by atoms with Gasteiger partial charge in [-0.25, -0.2) is 4.79 Å². The van der Waals surface area contributed by atoms with E-state index in [2.05, 4.69) is 9.99 Å². The summed E-state index contributed by atoms with van der Waals surface area (Å²) in [6, 6.07) is 0. The summed E-state index contributed by atoms with van der Waals surface area (Å²) in [5.74, 6) is 0.189. The standard InChI is InChI=1S/C8H13NO2/c1-7(10)11-9-6-8-4-2-3-5-8/h6,8H,2-5H2,1H3. The fraction of sp³-hybridized carbons (Fsp3) is 0.750. The van der Waals surface area contributed by atoms with Gasteiger partial charge in [0.1, 0.15) is 0 Å². The predicted octanol–water partition coefficient (Wildman–Crippen LogP) is 1.73. The number of carbonyl (C=O) groups excluding carboxylic acids is 1. The van der Waals surface area contributed by atoms with Crippen LogP contribution in [0.1, 0.15) is 32.6 Å². The quantitative estimate of drug-likeness (QED) is 0.346. The molecule has 0 aromatic heterocycles. The molecule has 0 spiro atoms. The van der Waals surface area contributed by atoms with E-state index in [1.165, 1.54) is 32.6 Å². The molecular weight excluding hydrogens is 142 g/mol. The van der Waals surface area contributed by atoms with Gasteiger partial charge in [-0.3, -0.25) is 0 Å². The first-order chi connectivity index (χ1) is 5.29. The molecule has 1 aliphatic rings. The fourth-order valence-electron chi connectivity index (χ4n) is 1.30. The largest absolute Gasteiger partial charge is 0.331 e. The molecule has 0 unspecified atom stereocenters. The molecule has 0 aromatic carbocycles. The van der Waals surface area contributed by atoms with Crippen molar-refractivity contribution in [1.29, 1.82) is 0 Å². The normalized spacial score (nSPS) is 19.4. The number of hydrogen-bond donors (Lipinski definition) is 0. The van der Waals surface area contributed by atoms with Crippen molar-refractivity contribution in [2.24, 2.45) is 11.1 Å². The molecule has 1 aliphatic carbocycles. The van der Waals surface area contributed by atoms with Gasteiger partial charge in [0.25, 0.3) is 0 Å². The summed E-state index contributed by atoms with van der Waals surface area (Å²) in [7, 11) is 0. The average molecular weight is 155 g/mol. The fourth-order valence-corrected chi connectivity index (χ4v) is 1.30. The average Bonchev–Trinajstić information content (AvgIpc) is 2.39. The Morgan fingerprint density at radius 1 is 1.55 bits per heavy atom. The SMILES string of the molecule is CC(=O)ON=CC1CCCC1. The smallest absolute Gasteiger partial charge is 0.319 e. The second kappa shape index (κ2) is 4.11. The molecule has 0 radical (unpaired) electrons. The third kappa shape index (κ3) is 3.16. The first kappa shape index (κ1) is 8.24. The lowest BCUT2D eigenvalue weighted by atomic mass is 10.1. The molecule has 0 aromatic rings. The van der Waals surface area contributed by atoms with E-state index in [9.17, 15) is 4.79 Å². The van der Waals surface area contributed by atoms with Crippen molar-refractivity contribution in [3.05, 3.63) is 0 Å². The molecule has 1 rings (SSSR count). The van der Waals surface area contributed by atoms with E-state index in [-0.39, 0.29) is 5.97 Å². The first-order valence-electron chi connectivity index (χ1n) is 4.00. The molecule has 0 N–H and O–H groups in total. The van der Waals surface area contributed by atoms with Gasteiger partial charge in [0.05, 0.1) is 0 Å². The van der Waals surface area contributed by atoms with Gasteiger partial charge in [0.15, 0.2) is 0 Å². The highest BCUT2D eigenvalue weighted by Crippen LogP contribution is 2.22. The predicted molar refractivity (Wildman–Crippen MR) is 42.2 cm³/mol. The lowest BCUT2D eigenvalue weighted by Crippen LogP contribution is -1.97. The van der Waals surface area contributed by atoms with Crippen LogP contribution >= 0.6 is 0 Å². The van der Waals surface area contributed by atoms with Crippen LogP contribution in [0.25, 0.3) is 0 Å². The van der Waals surface area contributed by atoms with Crippen LogP contribution < -0.4 is 0 Å². The summed E-state index contributed by atoms with van der Waals surface area (Å²) in [5, 5.41) is 3.58. The van der Waals surface area contributed by atoms with Crippen LogP contribution in [-0.4, -0.2) is 12.2 Å². The Bertz CT molecular complexity index is 159. The van der Waals surface area contributed by atoms with E-state index in [4.69, 9.17) is 0 Å². The zero-order chi connectivity index (χ0) is 8.10. The van der Waals surface area contributed by atoms with Gasteiger partial charge in [-0.1, -0.05) is 18.0 Å². The van der Waals surface area contributed by atoms with E-state index >= 15 is 0 Å². The summed E-state index contributed by atoms with van der Waals surface area (Å²) < 4.78 is 0. The van der Waals surface area contributed by atoms with Crippen LogP contribution in [0.5, 0.6) is 0 Å². The summed E-state index contributed by atoms with van der Waals surface area (Å²) in [5.41, 5.74) is 0. The van der Waals surface area contributed by atoms with Crippen LogP contribution in [0.4, 0.5) is 0 Å². The topological polar surface area (TPSA) is 38.7 Å². The lowest BCUT2D eigenvalue weighted by molar-refractivity contribution is -0.140. The second-order valence-corrected chi connectivity index (χ2v) is 2.88. The maximum absolute atomic E-state index is 10.3.